The first-order valence-electron chi connectivity index (χ1n) is 12.5. The smallest absolute Gasteiger partial charge is 0.123 e. The monoisotopic (exact) mass is 438 g/mol. The van der Waals surface area contributed by atoms with Crippen molar-refractivity contribution >= 4 is 0 Å². The number of benzene rings is 2. The molecule has 0 saturated heterocycles. The third-order valence-electron chi connectivity index (χ3n) is 6.59. The van der Waals surface area contributed by atoms with E-state index in [9.17, 15) is 10.2 Å². The van der Waals surface area contributed by atoms with E-state index in [-0.39, 0.29) is 16.7 Å². The average molecular weight is 439 g/mol. The minimum absolute atomic E-state index is 0.0969. The molecule has 2 rings (SSSR count). The minimum Gasteiger partial charge on any atom is -0.507 e. The van der Waals surface area contributed by atoms with Gasteiger partial charge in [0.05, 0.1) is 0 Å². The van der Waals surface area contributed by atoms with Crippen LogP contribution in [0.5, 0.6) is 11.5 Å². The number of phenolic OH excluding ortho intramolecular Hbond substituents is 2. The molecule has 2 nitrogen and oxygen atoms in total. The quantitative estimate of drug-likeness (QED) is 0.433. The number of hydrogen-bond donors (Lipinski definition) is 2. The van der Waals surface area contributed by atoms with Gasteiger partial charge in [-0.25, -0.2) is 0 Å². The second-order valence-corrected chi connectivity index (χ2v) is 11.6. The Kier molecular flexibility index (Phi) is 8.48. The van der Waals surface area contributed by atoms with Crippen molar-refractivity contribution in [2.24, 2.45) is 0 Å². The van der Waals surface area contributed by atoms with Gasteiger partial charge in [0.1, 0.15) is 11.5 Å². The lowest BCUT2D eigenvalue weighted by Gasteiger charge is -2.28. The molecule has 0 amide bonds. The van der Waals surface area contributed by atoms with Crippen LogP contribution in [-0.2, 0) is 23.7 Å². The lowest BCUT2D eigenvalue weighted by molar-refractivity contribution is 0.429. The van der Waals surface area contributed by atoms with E-state index in [4.69, 9.17) is 0 Å². The molecule has 2 aromatic rings. The number of unbranched alkanes of at least 4 members (excludes halogenated alkanes) is 2. The molecule has 0 aliphatic carbocycles. The van der Waals surface area contributed by atoms with E-state index in [1.807, 2.05) is 0 Å². The predicted octanol–water partition coefficient (Wildman–Crippen LogP) is 8.53. The van der Waals surface area contributed by atoms with E-state index in [1.54, 1.807) is 0 Å². The number of rotatable bonds is 8. The van der Waals surface area contributed by atoms with Crippen molar-refractivity contribution in [1.82, 2.24) is 0 Å². The van der Waals surface area contributed by atoms with Crippen LogP contribution in [0.4, 0.5) is 0 Å². The molecule has 2 heteroatoms. The maximum atomic E-state index is 11.4. The first-order chi connectivity index (χ1) is 14.8. The Bertz CT molecular complexity index is 834. The molecule has 2 N–H and O–H groups in total. The fraction of sp³-hybridized carbons (Fsp3) is 0.600. The second kappa shape index (κ2) is 10.3. The van der Waals surface area contributed by atoms with E-state index in [0.29, 0.717) is 11.5 Å². The predicted molar refractivity (Wildman–Crippen MR) is 138 cm³/mol. The van der Waals surface area contributed by atoms with Gasteiger partial charge in [0, 0.05) is 17.0 Å². The fourth-order valence-corrected chi connectivity index (χ4v) is 4.46. The van der Waals surface area contributed by atoms with Crippen LogP contribution < -0.4 is 0 Å². The summed E-state index contributed by atoms with van der Waals surface area (Å²) in [6, 6.07) is 8.69. The molecule has 0 unspecified atom stereocenters. The van der Waals surface area contributed by atoms with E-state index >= 15 is 0 Å². The van der Waals surface area contributed by atoms with E-state index < -0.39 is 0 Å². The van der Waals surface area contributed by atoms with Crippen LogP contribution in [0, 0.1) is 0 Å². The number of phenols is 2. The van der Waals surface area contributed by atoms with E-state index in [0.717, 1.165) is 60.8 Å². The first kappa shape index (κ1) is 26.3. The van der Waals surface area contributed by atoms with Crippen LogP contribution in [0.25, 0.3) is 0 Å². The Morgan fingerprint density at radius 2 is 1.00 bits per heavy atom. The van der Waals surface area contributed by atoms with Crippen molar-refractivity contribution in [3.8, 4) is 11.5 Å². The lowest BCUT2D eigenvalue weighted by Crippen LogP contribution is -2.15. The molecular weight excluding hydrogens is 392 g/mol. The van der Waals surface area contributed by atoms with Crippen LogP contribution in [0.15, 0.2) is 24.3 Å². The van der Waals surface area contributed by atoms with E-state index in [1.165, 1.54) is 11.1 Å². The maximum absolute atomic E-state index is 11.4. The van der Waals surface area contributed by atoms with Crippen molar-refractivity contribution in [2.45, 2.75) is 118 Å². The SMILES string of the molecule is CCCCc1cc(C(C)c2cc(CCCC)cc(C(C)(C)C)c2O)c(O)c(C(C)(C)C)c1. The van der Waals surface area contributed by atoms with Gasteiger partial charge in [0.2, 0.25) is 0 Å². The summed E-state index contributed by atoms with van der Waals surface area (Å²) in [5.74, 6) is 0.655. The molecule has 32 heavy (non-hydrogen) atoms. The van der Waals surface area contributed by atoms with E-state index in [2.05, 4.69) is 86.6 Å². The molecule has 0 radical (unpaired) electrons. The Labute approximate surface area is 197 Å². The second-order valence-electron chi connectivity index (χ2n) is 11.6. The molecule has 0 aliphatic heterocycles. The molecule has 178 valence electrons. The van der Waals surface area contributed by atoms with Crippen molar-refractivity contribution in [3.05, 3.63) is 57.6 Å². The summed E-state index contributed by atoms with van der Waals surface area (Å²) in [5, 5.41) is 22.7. The third kappa shape index (κ3) is 6.09. The fourth-order valence-electron chi connectivity index (χ4n) is 4.46. The minimum atomic E-state index is -0.150. The number of aromatic hydroxyl groups is 2. The molecular formula is C30H46O2. The summed E-state index contributed by atoms with van der Waals surface area (Å²) in [7, 11) is 0. The summed E-state index contributed by atoms with van der Waals surface area (Å²) in [4.78, 5) is 0. The van der Waals surface area contributed by atoms with Crippen LogP contribution in [0.2, 0.25) is 0 Å². The number of aryl methyl sites for hydroxylation is 2. The average Bonchev–Trinajstić information content (AvgIpc) is 2.69. The Hall–Kier alpha value is -1.96. The van der Waals surface area contributed by atoms with Crippen molar-refractivity contribution in [3.63, 3.8) is 0 Å². The van der Waals surface area contributed by atoms with Gasteiger partial charge in [-0.05, 0) is 58.8 Å². The highest BCUT2D eigenvalue weighted by Gasteiger charge is 2.28. The van der Waals surface area contributed by atoms with Crippen molar-refractivity contribution in [2.75, 3.05) is 0 Å². The van der Waals surface area contributed by atoms with Gasteiger partial charge in [-0.3, -0.25) is 0 Å². The molecule has 0 spiro atoms. The van der Waals surface area contributed by atoms with Gasteiger partial charge in [0.15, 0.2) is 0 Å². The largest absolute Gasteiger partial charge is 0.507 e. The highest BCUT2D eigenvalue weighted by atomic mass is 16.3. The normalized spacial score (nSPS) is 12.6. The molecule has 0 heterocycles. The third-order valence-corrected chi connectivity index (χ3v) is 6.59. The van der Waals surface area contributed by atoms with Gasteiger partial charge in [-0.1, -0.05) is 99.4 Å². The summed E-state index contributed by atoms with van der Waals surface area (Å²) in [5.41, 5.74) is 6.07. The van der Waals surface area contributed by atoms with Crippen molar-refractivity contribution < 1.29 is 10.2 Å². The van der Waals surface area contributed by atoms with Crippen molar-refractivity contribution in [1.29, 1.82) is 0 Å². The summed E-state index contributed by atoms with van der Waals surface area (Å²) >= 11 is 0. The van der Waals surface area contributed by atoms with Gasteiger partial charge >= 0.3 is 0 Å². The molecule has 0 fully saturated rings. The molecule has 0 aliphatic rings. The highest BCUT2D eigenvalue weighted by Crippen LogP contribution is 2.44. The van der Waals surface area contributed by atoms with Gasteiger partial charge in [-0.2, -0.15) is 0 Å². The molecule has 0 bridgehead atoms. The van der Waals surface area contributed by atoms with Gasteiger partial charge < -0.3 is 10.2 Å². The summed E-state index contributed by atoms with van der Waals surface area (Å²) in [6.45, 7) is 19.5. The zero-order valence-corrected chi connectivity index (χ0v) is 22.0. The van der Waals surface area contributed by atoms with Gasteiger partial charge in [-0.15, -0.1) is 0 Å². The Balaban J connectivity index is 2.71. The lowest BCUT2D eigenvalue weighted by atomic mass is 9.78. The van der Waals surface area contributed by atoms with Crippen LogP contribution in [0.1, 0.15) is 127 Å². The zero-order valence-electron chi connectivity index (χ0n) is 22.0. The summed E-state index contributed by atoms with van der Waals surface area (Å²) in [6.07, 6.45) is 6.57. The maximum Gasteiger partial charge on any atom is 0.123 e. The molecule has 0 aromatic heterocycles. The van der Waals surface area contributed by atoms with Gasteiger partial charge in [0.25, 0.3) is 0 Å². The topological polar surface area (TPSA) is 40.5 Å². The van der Waals surface area contributed by atoms with Crippen LogP contribution in [0.3, 0.4) is 0 Å². The molecule has 2 aromatic carbocycles. The Morgan fingerprint density at radius 1 is 0.656 bits per heavy atom. The number of hydrogen-bond acceptors (Lipinski definition) is 2. The van der Waals surface area contributed by atoms with Crippen LogP contribution >= 0.6 is 0 Å². The standard InChI is InChI=1S/C30H46O2/c1-10-12-14-21-16-23(27(31)25(18-21)29(4,5)6)20(3)24-17-22(15-13-11-2)19-26(28(24)32)30(7,8)9/h16-20,31-32H,10-15H2,1-9H3. The molecule has 0 atom stereocenters. The summed E-state index contributed by atoms with van der Waals surface area (Å²) < 4.78 is 0. The zero-order chi connectivity index (χ0) is 24.3. The highest BCUT2D eigenvalue weighted by molar-refractivity contribution is 5.56. The Morgan fingerprint density at radius 3 is 1.28 bits per heavy atom. The van der Waals surface area contributed by atoms with Crippen LogP contribution in [-0.4, -0.2) is 10.2 Å². The first-order valence-corrected chi connectivity index (χ1v) is 12.5. The molecule has 0 saturated carbocycles.